The van der Waals surface area contributed by atoms with Gasteiger partial charge in [-0.2, -0.15) is 0 Å². The number of esters is 1. The third-order valence-electron chi connectivity index (χ3n) is 5.30. The Hall–Kier alpha value is -3.98. The molecule has 2 aromatic heterocycles. The summed E-state index contributed by atoms with van der Waals surface area (Å²) in [5.41, 5.74) is 2.31. The van der Waals surface area contributed by atoms with Crippen molar-refractivity contribution < 1.29 is 23.5 Å². The Bertz CT molecular complexity index is 1330. The maximum absolute atomic E-state index is 13.2. The highest BCUT2D eigenvalue weighted by Crippen LogP contribution is 2.33. The molecule has 9 heteroatoms. The molecule has 0 atom stereocenters. The number of nitrogens with zero attached hydrogens (tertiary/aromatic N) is 3. The number of hydrogen-bond donors (Lipinski definition) is 1. The standard InChI is InChI=1S/C23H20N4O5/c1-30-23(29)14-6-2-4-8-16(14)24-22(28)20-25-18-15-7-3-5-9-17(15)32-19(18)21(26-20)27-10-12-31-13-11-27/h2-9H,10-13H2,1H3,(H,24,28). The van der Waals surface area contributed by atoms with Gasteiger partial charge in [0.2, 0.25) is 5.82 Å². The van der Waals surface area contributed by atoms with Crippen LogP contribution in [-0.2, 0) is 9.47 Å². The Kier molecular flexibility index (Phi) is 5.16. The van der Waals surface area contributed by atoms with Crippen LogP contribution in [0.15, 0.2) is 52.9 Å². The molecule has 1 fully saturated rings. The van der Waals surface area contributed by atoms with Crippen molar-refractivity contribution in [3.05, 3.63) is 59.9 Å². The van der Waals surface area contributed by atoms with E-state index in [9.17, 15) is 9.59 Å². The van der Waals surface area contributed by atoms with Gasteiger partial charge in [0.05, 0.1) is 31.6 Å². The first-order valence-electron chi connectivity index (χ1n) is 10.2. The number of morpholine rings is 1. The molecule has 1 N–H and O–H groups in total. The third-order valence-corrected chi connectivity index (χ3v) is 5.30. The van der Waals surface area contributed by atoms with E-state index in [2.05, 4.69) is 15.3 Å². The van der Waals surface area contributed by atoms with Crippen LogP contribution in [0.4, 0.5) is 11.5 Å². The lowest BCUT2D eigenvalue weighted by Crippen LogP contribution is -2.37. The average Bonchev–Trinajstić information content (AvgIpc) is 3.22. The number of carbonyl (C=O) groups is 2. The van der Waals surface area contributed by atoms with Crippen LogP contribution < -0.4 is 10.2 Å². The van der Waals surface area contributed by atoms with Gasteiger partial charge in [-0.25, -0.2) is 14.8 Å². The fourth-order valence-electron chi connectivity index (χ4n) is 3.73. The van der Waals surface area contributed by atoms with Gasteiger partial charge in [0.15, 0.2) is 11.4 Å². The summed E-state index contributed by atoms with van der Waals surface area (Å²) < 4.78 is 16.3. The van der Waals surface area contributed by atoms with Gasteiger partial charge in [-0.15, -0.1) is 0 Å². The monoisotopic (exact) mass is 432 g/mol. The van der Waals surface area contributed by atoms with E-state index >= 15 is 0 Å². The normalized spacial score (nSPS) is 14.0. The minimum atomic E-state index is -0.549. The number of amides is 1. The molecule has 32 heavy (non-hydrogen) atoms. The molecule has 162 valence electrons. The zero-order chi connectivity index (χ0) is 22.1. The Morgan fingerprint density at radius 1 is 1.03 bits per heavy atom. The summed E-state index contributed by atoms with van der Waals surface area (Å²) in [6, 6.07) is 14.1. The molecule has 5 rings (SSSR count). The molecule has 1 aliphatic heterocycles. The molecular formula is C23H20N4O5. The van der Waals surface area contributed by atoms with E-state index in [0.29, 0.717) is 54.5 Å². The van der Waals surface area contributed by atoms with Gasteiger partial charge in [-0.05, 0) is 24.3 Å². The van der Waals surface area contributed by atoms with Crippen LogP contribution in [0.3, 0.4) is 0 Å². The number of hydrogen-bond acceptors (Lipinski definition) is 8. The van der Waals surface area contributed by atoms with E-state index in [-0.39, 0.29) is 11.4 Å². The fourth-order valence-corrected chi connectivity index (χ4v) is 3.73. The minimum absolute atomic E-state index is 0.0230. The second-order valence-corrected chi connectivity index (χ2v) is 7.24. The van der Waals surface area contributed by atoms with Crippen molar-refractivity contribution in [1.82, 2.24) is 9.97 Å². The topological polar surface area (TPSA) is 107 Å². The zero-order valence-electron chi connectivity index (χ0n) is 17.3. The summed E-state index contributed by atoms with van der Waals surface area (Å²) in [6.45, 7) is 2.35. The van der Waals surface area contributed by atoms with Gasteiger partial charge in [-0.1, -0.05) is 24.3 Å². The summed E-state index contributed by atoms with van der Waals surface area (Å²) in [7, 11) is 1.29. The lowest BCUT2D eigenvalue weighted by atomic mass is 10.2. The zero-order valence-corrected chi connectivity index (χ0v) is 17.3. The smallest absolute Gasteiger partial charge is 0.339 e. The summed E-state index contributed by atoms with van der Waals surface area (Å²) in [5, 5.41) is 3.53. The maximum atomic E-state index is 13.2. The molecule has 1 amide bonds. The number of furan rings is 1. The van der Waals surface area contributed by atoms with Crippen molar-refractivity contribution in [1.29, 1.82) is 0 Å². The Labute approximate surface area is 182 Å². The lowest BCUT2D eigenvalue weighted by molar-refractivity contribution is 0.0602. The lowest BCUT2D eigenvalue weighted by Gasteiger charge is -2.27. The Balaban J connectivity index is 1.60. The van der Waals surface area contributed by atoms with Crippen molar-refractivity contribution in [3.63, 3.8) is 0 Å². The first-order chi connectivity index (χ1) is 15.7. The molecule has 4 aromatic rings. The first-order valence-corrected chi connectivity index (χ1v) is 10.2. The molecule has 0 aliphatic carbocycles. The average molecular weight is 432 g/mol. The van der Waals surface area contributed by atoms with E-state index < -0.39 is 11.9 Å². The van der Waals surface area contributed by atoms with Crippen LogP contribution in [0.5, 0.6) is 0 Å². The van der Waals surface area contributed by atoms with Gasteiger partial charge < -0.3 is 24.1 Å². The predicted molar refractivity (Wildman–Crippen MR) is 118 cm³/mol. The van der Waals surface area contributed by atoms with Crippen molar-refractivity contribution in [3.8, 4) is 0 Å². The molecule has 1 aliphatic rings. The number of ether oxygens (including phenoxy) is 2. The second-order valence-electron chi connectivity index (χ2n) is 7.24. The van der Waals surface area contributed by atoms with E-state index in [1.807, 2.05) is 29.2 Å². The fraction of sp³-hybridized carbons (Fsp3) is 0.217. The number of carbonyl (C=O) groups excluding carboxylic acids is 2. The van der Waals surface area contributed by atoms with Gasteiger partial charge in [0.1, 0.15) is 11.1 Å². The van der Waals surface area contributed by atoms with Crippen molar-refractivity contribution >= 4 is 45.5 Å². The summed E-state index contributed by atoms with van der Waals surface area (Å²) in [5.74, 6) is -0.568. The predicted octanol–water partition coefficient (Wildman–Crippen LogP) is 3.25. The van der Waals surface area contributed by atoms with Gasteiger partial charge >= 0.3 is 5.97 Å². The molecule has 0 saturated carbocycles. The third kappa shape index (κ3) is 3.52. The molecule has 0 unspecified atom stereocenters. The van der Waals surface area contributed by atoms with Gasteiger partial charge in [0.25, 0.3) is 5.91 Å². The van der Waals surface area contributed by atoms with Gasteiger partial charge in [-0.3, -0.25) is 4.79 Å². The summed E-state index contributed by atoms with van der Waals surface area (Å²) >= 11 is 0. The molecule has 2 aromatic carbocycles. The van der Waals surface area contributed by atoms with Gasteiger partial charge in [0, 0.05) is 18.5 Å². The van der Waals surface area contributed by atoms with Crippen molar-refractivity contribution in [2.45, 2.75) is 0 Å². The number of methoxy groups -OCH3 is 1. The number of aromatic nitrogens is 2. The molecule has 1 saturated heterocycles. The Morgan fingerprint density at radius 3 is 2.59 bits per heavy atom. The molecular weight excluding hydrogens is 412 g/mol. The van der Waals surface area contributed by atoms with Crippen LogP contribution in [0.25, 0.3) is 22.1 Å². The highest BCUT2D eigenvalue weighted by Gasteiger charge is 2.24. The molecule has 0 spiro atoms. The number of fused-ring (bicyclic) bond motifs is 3. The number of nitrogens with one attached hydrogen (secondary N) is 1. The molecule has 3 heterocycles. The largest absolute Gasteiger partial charge is 0.465 e. The number of rotatable bonds is 4. The van der Waals surface area contributed by atoms with Crippen LogP contribution in [0.2, 0.25) is 0 Å². The summed E-state index contributed by atoms with van der Waals surface area (Å²) in [4.78, 5) is 36.3. The highest BCUT2D eigenvalue weighted by molar-refractivity contribution is 6.10. The SMILES string of the molecule is COC(=O)c1ccccc1NC(=O)c1nc(N2CCOCC2)c2oc3ccccc3c2n1. The highest BCUT2D eigenvalue weighted by atomic mass is 16.5. The Morgan fingerprint density at radius 2 is 1.78 bits per heavy atom. The molecule has 0 radical (unpaired) electrons. The van der Waals surface area contributed by atoms with Crippen LogP contribution in [0, 0.1) is 0 Å². The number of para-hydroxylation sites is 2. The van der Waals surface area contributed by atoms with Crippen LogP contribution in [0.1, 0.15) is 21.0 Å². The van der Waals surface area contributed by atoms with E-state index in [1.165, 1.54) is 7.11 Å². The second kappa shape index (κ2) is 8.27. The number of anilines is 2. The quantitative estimate of drug-likeness (QED) is 0.490. The van der Waals surface area contributed by atoms with E-state index in [0.717, 1.165) is 5.39 Å². The van der Waals surface area contributed by atoms with Crippen LogP contribution in [-0.4, -0.2) is 55.3 Å². The van der Waals surface area contributed by atoms with E-state index in [1.54, 1.807) is 24.3 Å². The maximum Gasteiger partial charge on any atom is 0.339 e. The van der Waals surface area contributed by atoms with Crippen LogP contribution >= 0.6 is 0 Å². The van der Waals surface area contributed by atoms with E-state index in [4.69, 9.17) is 13.9 Å². The molecule has 0 bridgehead atoms. The molecule has 9 nitrogen and oxygen atoms in total. The number of benzene rings is 2. The minimum Gasteiger partial charge on any atom is -0.465 e. The summed E-state index contributed by atoms with van der Waals surface area (Å²) in [6.07, 6.45) is 0. The van der Waals surface area contributed by atoms with Crippen molar-refractivity contribution in [2.24, 2.45) is 0 Å². The van der Waals surface area contributed by atoms with Crippen molar-refractivity contribution in [2.75, 3.05) is 43.6 Å². The first kappa shape index (κ1) is 20.0.